The van der Waals surface area contributed by atoms with Crippen LogP contribution in [0.2, 0.25) is 0 Å². The zero-order valence-electron chi connectivity index (χ0n) is 13.9. The third-order valence-electron chi connectivity index (χ3n) is 3.67. The molecule has 26 heavy (non-hydrogen) atoms. The fourth-order valence-corrected chi connectivity index (χ4v) is 4.26. The lowest BCUT2D eigenvalue weighted by molar-refractivity contribution is -0.385. The lowest BCUT2D eigenvalue weighted by Crippen LogP contribution is -2.36. The highest BCUT2D eigenvalue weighted by Crippen LogP contribution is 2.32. The molecule has 0 radical (unpaired) electrons. The van der Waals surface area contributed by atoms with Crippen LogP contribution in [0.3, 0.4) is 0 Å². The van der Waals surface area contributed by atoms with Crippen LogP contribution in [0.15, 0.2) is 52.3 Å². The van der Waals surface area contributed by atoms with Gasteiger partial charge in [-0.3, -0.25) is 19.2 Å². The molecule has 8 nitrogen and oxygen atoms in total. The molecule has 2 aromatic rings. The minimum Gasteiger partial charge on any atom is -0.480 e. The number of carboxylic acid groups (broad SMARTS) is 1. The van der Waals surface area contributed by atoms with Crippen LogP contribution in [0.5, 0.6) is 0 Å². The molecule has 0 unspecified atom stereocenters. The molecule has 0 heterocycles. The van der Waals surface area contributed by atoms with Gasteiger partial charge in [0.1, 0.15) is 6.54 Å². The molecule has 0 saturated carbocycles. The van der Waals surface area contributed by atoms with Crippen molar-refractivity contribution in [3.05, 3.63) is 58.1 Å². The molecule has 0 amide bonds. The molecule has 0 atom stereocenters. The van der Waals surface area contributed by atoms with Crippen LogP contribution in [0.1, 0.15) is 5.56 Å². The summed E-state index contributed by atoms with van der Waals surface area (Å²) < 4.78 is 26.6. The van der Waals surface area contributed by atoms with Gasteiger partial charge in [0, 0.05) is 11.0 Å². The number of anilines is 1. The number of benzene rings is 2. The molecular formula is C16H16N2O6S2. The maximum Gasteiger partial charge on any atom is 0.324 e. The molecule has 0 fully saturated rings. The second-order valence-electron chi connectivity index (χ2n) is 5.26. The summed E-state index contributed by atoms with van der Waals surface area (Å²) in [6, 6.07) is 9.87. The van der Waals surface area contributed by atoms with Gasteiger partial charge in [-0.15, -0.1) is 11.8 Å². The van der Waals surface area contributed by atoms with Gasteiger partial charge in [0.2, 0.25) is 0 Å². The number of thioether (sulfide) groups is 1. The van der Waals surface area contributed by atoms with E-state index in [0.29, 0.717) is 4.31 Å². The Morgan fingerprint density at radius 2 is 1.85 bits per heavy atom. The highest BCUT2D eigenvalue weighted by molar-refractivity contribution is 7.98. The summed E-state index contributed by atoms with van der Waals surface area (Å²) in [6.45, 7) is 0.531. The fraction of sp³-hybridized carbons (Fsp3) is 0.188. The Labute approximate surface area is 154 Å². The van der Waals surface area contributed by atoms with Crippen LogP contribution in [0.25, 0.3) is 0 Å². The van der Waals surface area contributed by atoms with Gasteiger partial charge in [-0.2, -0.15) is 0 Å². The van der Waals surface area contributed by atoms with E-state index in [9.17, 15) is 23.3 Å². The van der Waals surface area contributed by atoms with Crippen LogP contribution in [0, 0.1) is 17.0 Å². The number of aliphatic carboxylic acids is 1. The summed E-state index contributed by atoms with van der Waals surface area (Å²) in [5, 5.41) is 20.3. The van der Waals surface area contributed by atoms with E-state index >= 15 is 0 Å². The highest BCUT2D eigenvalue weighted by atomic mass is 32.2. The molecule has 0 bridgehead atoms. The SMILES string of the molecule is CSc1ccc(S(=O)(=O)N(CC(=O)O)c2cccc([N+](=O)[O-])c2C)cc1. The van der Waals surface area contributed by atoms with E-state index in [1.54, 1.807) is 12.1 Å². The first-order chi connectivity index (χ1) is 12.2. The average Bonchev–Trinajstić information content (AvgIpc) is 2.59. The van der Waals surface area contributed by atoms with Crippen LogP contribution in [-0.4, -0.2) is 37.2 Å². The van der Waals surface area contributed by atoms with Crippen LogP contribution < -0.4 is 4.31 Å². The first kappa shape index (κ1) is 19.7. The largest absolute Gasteiger partial charge is 0.480 e. The van der Waals surface area contributed by atoms with Crippen molar-refractivity contribution in [1.82, 2.24) is 0 Å². The van der Waals surface area contributed by atoms with Gasteiger partial charge in [-0.25, -0.2) is 8.42 Å². The minimum atomic E-state index is -4.22. The number of carboxylic acids is 1. The summed E-state index contributed by atoms with van der Waals surface area (Å²) in [5.41, 5.74) is -0.260. The van der Waals surface area contributed by atoms with Crippen LogP contribution in [0.4, 0.5) is 11.4 Å². The van der Waals surface area contributed by atoms with E-state index in [1.807, 2.05) is 6.26 Å². The monoisotopic (exact) mass is 396 g/mol. The molecule has 0 aliphatic carbocycles. The van der Waals surface area contributed by atoms with Crippen molar-refractivity contribution >= 4 is 39.1 Å². The Kier molecular flexibility index (Phi) is 5.88. The molecule has 138 valence electrons. The number of hydrogen-bond donors (Lipinski definition) is 1. The molecule has 2 rings (SSSR count). The molecule has 0 spiro atoms. The Balaban J connectivity index is 2.62. The summed E-state index contributed by atoms with van der Waals surface area (Å²) >= 11 is 1.43. The van der Waals surface area contributed by atoms with Crippen molar-refractivity contribution in [3.63, 3.8) is 0 Å². The number of rotatable bonds is 7. The maximum absolute atomic E-state index is 13.0. The first-order valence-corrected chi connectivity index (χ1v) is 9.97. The van der Waals surface area contributed by atoms with Gasteiger partial charge in [-0.1, -0.05) is 6.07 Å². The van der Waals surface area contributed by atoms with Gasteiger partial charge in [0.05, 0.1) is 21.1 Å². The van der Waals surface area contributed by atoms with Crippen molar-refractivity contribution in [2.75, 3.05) is 17.1 Å². The highest BCUT2D eigenvalue weighted by Gasteiger charge is 2.30. The quantitative estimate of drug-likeness (QED) is 0.434. The zero-order chi connectivity index (χ0) is 19.5. The number of carbonyl (C=O) groups is 1. The molecule has 0 aliphatic rings. The second kappa shape index (κ2) is 7.75. The van der Waals surface area contributed by atoms with E-state index in [1.165, 1.54) is 49.0 Å². The summed E-state index contributed by atoms with van der Waals surface area (Å²) in [4.78, 5) is 22.5. The number of nitro groups is 1. The van der Waals surface area contributed by atoms with Crippen molar-refractivity contribution < 1.29 is 23.2 Å². The van der Waals surface area contributed by atoms with E-state index in [4.69, 9.17) is 5.11 Å². The first-order valence-electron chi connectivity index (χ1n) is 7.31. The maximum atomic E-state index is 13.0. The lowest BCUT2D eigenvalue weighted by Gasteiger charge is -2.24. The lowest BCUT2D eigenvalue weighted by atomic mass is 10.1. The van der Waals surface area contributed by atoms with Crippen molar-refractivity contribution in [1.29, 1.82) is 0 Å². The van der Waals surface area contributed by atoms with E-state index in [-0.39, 0.29) is 21.8 Å². The summed E-state index contributed by atoms with van der Waals surface area (Å²) in [6.07, 6.45) is 1.84. The summed E-state index contributed by atoms with van der Waals surface area (Å²) in [5.74, 6) is -1.37. The number of hydrogen-bond acceptors (Lipinski definition) is 6. The standard InChI is InChI=1S/C16H16N2O6S2/c1-11-14(4-3-5-15(11)18(21)22)17(10-16(19)20)26(23,24)13-8-6-12(25-2)7-9-13/h3-9H,10H2,1-2H3,(H,19,20). The van der Waals surface area contributed by atoms with Gasteiger partial charge < -0.3 is 5.11 Å². The smallest absolute Gasteiger partial charge is 0.324 e. The molecular weight excluding hydrogens is 380 g/mol. The molecule has 0 saturated heterocycles. The average molecular weight is 396 g/mol. The van der Waals surface area contributed by atoms with Crippen LogP contribution in [-0.2, 0) is 14.8 Å². The van der Waals surface area contributed by atoms with Crippen molar-refractivity contribution in [2.24, 2.45) is 0 Å². The molecule has 10 heteroatoms. The topological polar surface area (TPSA) is 118 Å². The van der Waals surface area contributed by atoms with E-state index < -0.39 is 27.5 Å². The molecule has 0 aliphatic heterocycles. The minimum absolute atomic E-state index is 0.0458. The van der Waals surface area contributed by atoms with Gasteiger partial charge >= 0.3 is 5.97 Å². The predicted molar refractivity (Wildman–Crippen MR) is 98.2 cm³/mol. The number of nitrogens with zero attached hydrogens (tertiary/aromatic N) is 2. The Bertz CT molecular complexity index is 942. The molecule has 2 aromatic carbocycles. The number of nitro benzene ring substituents is 1. The van der Waals surface area contributed by atoms with Gasteiger partial charge in [0.15, 0.2) is 0 Å². The molecule has 1 N–H and O–H groups in total. The fourth-order valence-electron chi connectivity index (χ4n) is 2.38. The number of sulfonamides is 1. The van der Waals surface area contributed by atoms with E-state index in [2.05, 4.69) is 0 Å². The third kappa shape index (κ3) is 3.97. The zero-order valence-corrected chi connectivity index (χ0v) is 15.6. The van der Waals surface area contributed by atoms with E-state index in [0.717, 1.165) is 4.90 Å². The van der Waals surface area contributed by atoms with Crippen molar-refractivity contribution in [2.45, 2.75) is 16.7 Å². The summed E-state index contributed by atoms with van der Waals surface area (Å²) in [7, 11) is -4.22. The molecule has 0 aromatic heterocycles. The predicted octanol–water partition coefficient (Wildman–Crippen LogP) is 2.91. The van der Waals surface area contributed by atoms with Crippen LogP contribution >= 0.6 is 11.8 Å². The third-order valence-corrected chi connectivity index (χ3v) is 6.19. The van der Waals surface area contributed by atoms with Crippen molar-refractivity contribution in [3.8, 4) is 0 Å². The Morgan fingerprint density at radius 1 is 1.23 bits per heavy atom. The second-order valence-corrected chi connectivity index (χ2v) is 8.00. The van der Waals surface area contributed by atoms with Gasteiger partial charge in [-0.05, 0) is 43.5 Å². The normalized spacial score (nSPS) is 11.2. The van der Waals surface area contributed by atoms with Gasteiger partial charge in [0.25, 0.3) is 15.7 Å². The Morgan fingerprint density at radius 3 is 2.35 bits per heavy atom. The Hall–Kier alpha value is -2.59.